The molecular weight excluding hydrogens is 450 g/mol. The molecule has 1 saturated carbocycles. The third-order valence-electron chi connectivity index (χ3n) is 6.75. The third kappa shape index (κ3) is 6.38. The number of anilines is 1. The van der Waals surface area contributed by atoms with Crippen LogP contribution in [0.2, 0.25) is 5.02 Å². The number of rotatable bonds is 5. The Bertz CT molecular complexity index is 1020. The number of carbonyl (C=O) groups is 3. The normalized spacial score (nSPS) is 19.2. The van der Waals surface area contributed by atoms with E-state index in [1.807, 2.05) is 0 Å². The van der Waals surface area contributed by atoms with E-state index in [-0.39, 0.29) is 29.7 Å². The van der Waals surface area contributed by atoms with Crippen LogP contribution in [0.4, 0.5) is 5.69 Å². The number of carbonyl (C=O) groups excluding carboxylic acids is 3. The van der Waals surface area contributed by atoms with E-state index in [0.29, 0.717) is 34.9 Å². The summed E-state index contributed by atoms with van der Waals surface area (Å²) in [7, 11) is 0. The number of amides is 3. The van der Waals surface area contributed by atoms with Gasteiger partial charge in [0.2, 0.25) is 5.91 Å². The molecule has 1 saturated heterocycles. The highest BCUT2D eigenvalue weighted by atomic mass is 35.5. The topological polar surface area (TPSA) is 78.5 Å². The first-order valence-corrected chi connectivity index (χ1v) is 12.6. The van der Waals surface area contributed by atoms with E-state index in [2.05, 4.69) is 10.6 Å². The number of nitrogens with zero attached hydrogens (tertiary/aromatic N) is 1. The van der Waals surface area contributed by atoms with Gasteiger partial charge in [0, 0.05) is 41.0 Å². The van der Waals surface area contributed by atoms with Crippen molar-refractivity contribution in [2.75, 3.05) is 18.4 Å². The molecule has 2 aromatic carbocycles. The fraction of sp³-hybridized carbons (Fsp3) is 0.444. The van der Waals surface area contributed by atoms with Crippen molar-refractivity contribution in [1.82, 2.24) is 10.2 Å². The van der Waals surface area contributed by atoms with E-state index in [4.69, 9.17) is 11.6 Å². The van der Waals surface area contributed by atoms with Crippen LogP contribution in [0, 0.1) is 5.92 Å². The Morgan fingerprint density at radius 1 is 0.853 bits per heavy atom. The summed E-state index contributed by atoms with van der Waals surface area (Å²) in [5.74, 6) is -0.480. The molecule has 1 heterocycles. The fourth-order valence-corrected chi connectivity index (χ4v) is 4.96. The zero-order valence-electron chi connectivity index (χ0n) is 19.4. The summed E-state index contributed by atoms with van der Waals surface area (Å²) >= 11 is 5.89. The molecule has 2 aliphatic rings. The van der Waals surface area contributed by atoms with Crippen molar-refractivity contribution in [3.8, 4) is 0 Å². The van der Waals surface area contributed by atoms with Crippen molar-refractivity contribution in [3.05, 3.63) is 64.7 Å². The van der Waals surface area contributed by atoms with Crippen LogP contribution >= 0.6 is 11.6 Å². The monoisotopic (exact) mass is 481 g/mol. The summed E-state index contributed by atoms with van der Waals surface area (Å²) < 4.78 is 0. The maximum Gasteiger partial charge on any atom is 0.255 e. The molecule has 34 heavy (non-hydrogen) atoms. The van der Waals surface area contributed by atoms with Crippen molar-refractivity contribution in [3.63, 3.8) is 0 Å². The molecule has 0 aromatic heterocycles. The second-order valence-electron chi connectivity index (χ2n) is 9.33. The van der Waals surface area contributed by atoms with Crippen molar-refractivity contribution in [2.45, 2.75) is 57.4 Å². The maximum atomic E-state index is 13.2. The van der Waals surface area contributed by atoms with Gasteiger partial charge in [-0.25, -0.2) is 0 Å². The predicted octanol–water partition coefficient (Wildman–Crippen LogP) is 5.28. The molecule has 180 valence electrons. The molecule has 3 amide bonds. The number of benzene rings is 2. The molecule has 0 unspecified atom stereocenters. The minimum absolute atomic E-state index is 0.0772. The largest absolute Gasteiger partial charge is 0.353 e. The van der Waals surface area contributed by atoms with E-state index in [1.54, 1.807) is 53.4 Å². The van der Waals surface area contributed by atoms with E-state index in [1.165, 1.54) is 25.7 Å². The molecular formula is C27H32ClN3O3. The van der Waals surface area contributed by atoms with Crippen LogP contribution in [0.1, 0.15) is 72.1 Å². The number of hydrogen-bond acceptors (Lipinski definition) is 3. The first kappa shape index (κ1) is 24.3. The molecule has 4 rings (SSSR count). The van der Waals surface area contributed by atoms with Crippen LogP contribution in [0.25, 0.3) is 0 Å². The number of piperidine rings is 1. The van der Waals surface area contributed by atoms with Crippen molar-refractivity contribution >= 4 is 35.0 Å². The Kier molecular flexibility index (Phi) is 8.22. The zero-order chi connectivity index (χ0) is 23.9. The smallest absolute Gasteiger partial charge is 0.255 e. The molecule has 1 aliphatic carbocycles. The Morgan fingerprint density at radius 3 is 2.32 bits per heavy atom. The average Bonchev–Trinajstić information content (AvgIpc) is 3.13. The highest BCUT2D eigenvalue weighted by Gasteiger charge is 2.30. The van der Waals surface area contributed by atoms with Gasteiger partial charge < -0.3 is 15.5 Å². The van der Waals surface area contributed by atoms with Gasteiger partial charge in [-0.2, -0.15) is 0 Å². The first-order valence-electron chi connectivity index (χ1n) is 12.3. The summed E-state index contributed by atoms with van der Waals surface area (Å²) in [6.07, 6.45) is 8.55. The van der Waals surface area contributed by atoms with Crippen LogP contribution < -0.4 is 10.6 Å². The Labute approximate surface area is 206 Å². The molecule has 6 nitrogen and oxygen atoms in total. The molecule has 2 fully saturated rings. The van der Waals surface area contributed by atoms with Crippen LogP contribution in [0.5, 0.6) is 0 Å². The SMILES string of the molecule is O=C(Nc1cccc(C(=O)N2CCC[C@H](C(=O)NC3CCCCCC3)C2)c1)c1ccc(Cl)cc1. The van der Waals surface area contributed by atoms with E-state index < -0.39 is 0 Å². The summed E-state index contributed by atoms with van der Waals surface area (Å²) in [6.45, 7) is 1.06. The summed E-state index contributed by atoms with van der Waals surface area (Å²) in [6, 6.07) is 13.8. The average molecular weight is 482 g/mol. The van der Waals surface area contributed by atoms with Crippen LogP contribution in [0.15, 0.2) is 48.5 Å². The lowest BCUT2D eigenvalue weighted by Gasteiger charge is -2.33. The van der Waals surface area contributed by atoms with Gasteiger partial charge in [-0.1, -0.05) is 43.4 Å². The van der Waals surface area contributed by atoms with Gasteiger partial charge in [-0.3, -0.25) is 14.4 Å². The minimum atomic E-state index is -0.269. The highest BCUT2D eigenvalue weighted by molar-refractivity contribution is 6.30. The first-order chi connectivity index (χ1) is 16.5. The van der Waals surface area contributed by atoms with Gasteiger partial charge in [-0.15, -0.1) is 0 Å². The number of halogens is 1. The van der Waals surface area contributed by atoms with Gasteiger partial charge in [0.1, 0.15) is 0 Å². The van der Waals surface area contributed by atoms with Gasteiger partial charge in [-0.05, 0) is 68.1 Å². The Hall–Kier alpha value is -2.86. The Balaban J connectivity index is 1.36. The Morgan fingerprint density at radius 2 is 1.59 bits per heavy atom. The van der Waals surface area contributed by atoms with Crippen LogP contribution in [-0.2, 0) is 4.79 Å². The van der Waals surface area contributed by atoms with E-state index in [0.717, 1.165) is 25.7 Å². The standard InChI is InChI=1S/C27H32ClN3O3/c28-22-14-12-19(13-15-22)25(32)30-24-11-5-7-20(17-24)27(34)31-16-6-8-21(18-31)26(33)29-23-9-3-1-2-4-10-23/h5,7,11-15,17,21,23H,1-4,6,8-10,16,18H2,(H,29,33)(H,30,32)/t21-/m0/s1. The summed E-state index contributed by atoms with van der Waals surface area (Å²) in [4.78, 5) is 40.4. The predicted molar refractivity (Wildman–Crippen MR) is 134 cm³/mol. The molecule has 2 aromatic rings. The lowest BCUT2D eigenvalue weighted by atomic mass is 9.95. The number of likely N-dealkylation sites (tertiary alicyclic amines) is 1. The summed E-state index contributed by atoms with van der Waals surface area (Å²) in [5.41, 5.74) is 1.53. The van der Waals surface area contributed by atoms with Crippen molar-refractivity contribution in [1.29, 1.82) is 0 Å². The molecule has 7 heteroatoms. The summed E-state index contributed by atoms with van der Waals surface area (Å²) in [5, 5.41) is 6.64. The lowest BCUT2D eigenvalue weighted by molar-refractivity contribution is -0.127. The van der Waals surface area contributed by atoms with E-state index >= 15 is 0 Å². The molecule has 0 radical (unpaired) electrons. The maximum absolute atomic E-state index is 13.2. The van der Waals surface area contributed by atoms with Crippen molar-refractivity contribution < 1.29 is 14.4 Å². The lowest BCUT2D eigenvalue weighted by Crippen LogP contribution is -2.47. The molecule has 0 spiro atoms. The van der Waals surface area contributed by atoms with Crippen molar-refractivity contribution in [2.24, 2.45) is 5.92 Å². The second-order valence-corrected chi connectivity index (χ2v) is 9.77. The number of hydrogen-bond donors (Lipinski definition) is 2. The molecule has 0 bridgehead atoms. The third-order valence-corrected chi connectivity index (χ3v) is 7.01. The highest BCUT2D eigenvalue weighted by Crippen LogP contribution is 2.23. The van der Waals surface area contributed by atoms with Gasteiger partial charge in [0.15, 0.2) is 0 Å². The quantitative estimate of drug-likeness (QED) is 0.570. The van der Waals surface area contributed by atoms with Gasteiger partial charge >= 0.3 is 0 Å². The molecule has 1 aliphatic heterocycles. The fourth-order valence-electron chi connectivity index (χ4n) is 4.84. The zero-order valence-corrected chi connectivity index (χ0v) is 20.2. The molecule has 1 atom stereocenters. The molecule has 2 N–H and O–H groups in total. The van der Waals surface area contributed by atoms with Gasteiger partial charge in [0.05, 0.1) is 5.92 Å². The minimum Gasteiger partial charge on any atom is -0.353 e. The number of nitrogens with one attached hydrogen (secondary N) is 2. The van der Waals surface area contributed by atoms with Crippen LogP contribution in [-0.4, -0.2) is 41.8 Å². The second kappa shape index (κ2) is 11.5. The van der Waals surface area contributed by atoms with Gasteiger partial charge in [0.25, 0.3) is 11.8 Å². The van der Waals surface area contributed by atoms with Crippen LogP contribution in [0.3, 0.4) is 0 Å². The van der Waals surface area contributed by atoms with E-state index in [9.17, 15) is 14.4 Å².